The molecule has 0 radical (unpaired) electrons. The Morgan fingerprint density at radius 3 is 2.57 bits per heavy atom. The van der Waals surface area contributed by atoms with E-state index in [4.69, 9.17) is 4.52 Å². The molecule has 0 aliphatic carbocycles. The molecule has 3 aromatic heterocycles. The van der Waals surface area contributed by atoms with Crippen LogP contribution in [-0.2, 0) is 6.18 Å². The number of aromatic amines is 1. The van der Waals surface area contributed by atoms with E-state index >= 15 is 0 Å². The fraction of sp³-hybridized carbons (Fsp3) is 0.231. The maximum atomic E-state index is 12.9. The number of hydrogen-bond donors (Lipinski definition) is 1. The summed E-state index contributed by atoms with van der Waals surface area (Å²) >= 11 is 1.65. The van der Waals surface area contributed by atoms with Crippen molar-refractivity contribution in [1.82, 2.24) is 15.1 Å². The molecule has 0 aromatic carbocycles. The first-order chi connectivity index (χ1) is 9.79. The first-order valence-electron chi connectivity index (χ1n) is 5.96. The second-order valence-corrected chi connectivity index (χ2v) is 5.71. The van der Waals surface area contributed by atoms with Crippen LogP contribution in [0.4, 0.5) is 13.2 Å². The Balaban J connectivity index is 2.22. The molecule has 1 N–H and O–H groups in total. The van der Waals surface area contributed by atoms with Gasteiger partial charge < -0.3 is 9.51 Å². The molecule has 110 valence electrons. The van der Waals surface area contributed by atoms with Crippen LogP contribution in [0.25, 0.3) is 22.2 Å². The van der Waals surface area contributed by atoms with Gasteiger partial charge in [-0.2, -0.15) is 13.2 Å². The summed E-state index contributed by atoms with van der Waals surface area (Å²) in [6.07, 6.45) is -2.90. The molecule has 0 aliphatic heterocycles. The van der Waals surface area contributed by atoms with E-state index in [0.29, 0.717) is 28.1 Å². The van der Waals surface area contributed by atoms with E-state index in [1.165, 1.54) is 6.20 Å². The lowest BCUT2D eigenvalue weighted by Crippen LogP contribution is -2.06. The summed E-state index contributed by atoms with van der Waals surface area (Å²) in [5, 5.41) is 3.84. The number of rotatable bonds is 1. The molecule has 0 saturated heterocycles. The number of aryl methyl sites for hydroxylation is 2. The van der Waals surface area contributed by atoms with E-state index in [1.807, 2.05) is 0 Å². The minimum Gasteiger partial charge on any atom is -0.361 e. The number of halogens is 4. The minimum atomic E-state index is -4.43. The number of H-pyrrole nitrogens is 1. The van der Waals surface area contributed by atoms with Crippen LogP contribution >= 0.6 is 22.6 Å². The zero-order valence-electron chi connectivity index (χ0n) is 11.0. The largest absolute Gasteiger partial charge is 0.432 e. The number of nitrogens with zero attached hydrogens (tertiary/aromatic N) is 2. The Bertz CT molecular complexity index is 816. The van der Waals surface area contributed by atoms with Crippen LogP contribution in [0.5, 0.6) is 0 Å². The van der Waals surface area contributed by atoms with E-state index in [9.17, 15) is 13.2 Å². The molecule has 3 aromatic rings. The molecule has 0 amide bonds. The summed E-state index contributed by atoms with van der Waals surface area (Å²) in [4.78, 5) is 6.54. The molecule has 0 bridgehead atoms. The van der Waals surface area contributed by atoms with Gasteiger partial charge in [-0.3, -0.25) is 4.98 Å². The highest BCUT2D eigenvalue weighted by Crippen LogP contribution is 2.37. The van der Waals surface area contributed by atoms with Gasteiger partial charge in [-0.1, -0.05) is 5.16 Å². The van der Waals surface area contributed by atoms with Gasteiger partial charge in [0.15, 0.2) is 0 Å². The highest BCUT2D eigenvalue weighted by atomic mass is 127. The Morgan fingerprint density at radius 1 is 1.29 bits per heavy atom. The van der Waals surface area contributed by atoms with Crippen molar-refractivity contribution in [3.63, 3.8) is 0 Å². The molecule has 0 aliphatic rings. The third-order valence-corrected chi connectivity index (χ3v) is 4.23. The monoisotopic (exact) mass is 407 g/mol. The third kappa shape index (κ3) is 2.30. The summed E-state index contributed by atoms with van der Waals surface area (Å²) in [7, 11) is 0. The lowest BCUT2D eigenvalue weighted by atomic mass is 10.1. The molecular formula is C13H9F3IN3O. The predicted octanol–water partition coefficient (Wildman–Crippen LogP) is 4.46. The summed E-state index contributed by atoms with van der Waals surface area (Å²) in [5.41, 5.74) is 1.96. The second kappa shape index (κ2) is 4.72. The van der Waals surface area contributed by atoms with Crippen molar-refractivity contribution in [3.05, 3.63) is 33.0 Å². The minimum absolute atomic E-state index is 0.0698. The average molecular weight is 407 g/mol. The number of alkyl halides is 3. The maximum absolute atomic E-state index is 12.9. The second-order valence-electron chi connectivity index (χ2n) is 4.63. The first kappa shape index (κ1) is 14.4. The summed E-state index contributed by atoms with van der Waals surface area (Å²) in [5.74, 6) is 0.603. The van der Waals surface area contributed by atoms with Gasteiger partial charge in [0.25, 0.3) is 0 Å². The third-order valence-electron chi connectivity index (χ3n) is 3.18. The van der Waals surface area contributed by atoms with Gasteiger partial charge in [0.05, 0.1) is 14.8 Å². The Morgan fingerprint density at radius 2 is 2.00 bits per heavy atom. The molecule has 21 heavy (non-hydrogen) atoms. The standard InChI is InChI=1S/C13H9F3IN3O/c1-5-9(6(2)21-20-5)7-3-8-11(18-4-7)10(17)12(19-8)13(14,15)16/h3-4,19H,1-2H3. The fourth-order valence-corrected chi connectivity index (χ4v) is 3.14. The molecule has 4 nitrogen and oxygen atoms in total. The number of nitrogens with one attached hydrogen (secondary N) is 1. The van der Waals surface area contributed by atoms with Crippen LogP contribution < -0.4 is 0 Å². The molecule has 0 saturated carbocycles. The maximum Gasteiger partial charge on any atom is 0.432 e. The summed E-state index contributed by atoms with van der Waals surface area (Å²) < 4.78 is 43.8. The molecule has 3 rings (SSSR count). The lowest BCUT2D eigenvalue weighted by Gasteiger charge is -2.02. The van der Waals surface area contributed by atoms with E-state index in [1.54, 1.807) is 42.5 Å². The smallest absolute Gasteiger partial charge is 0.361 e. The quantitative estimate of drug-likeness (QED) is 0.607. The Labute approximate surface area is 130 Å². The molecule has 3 heterocycles. The van der Waals surface area contributed by atoms with Crippen molar-refractivity contribution < 1.29 is 17.7 Å². The average Bonchev–Trinajstić information content (AvgIpc) is 2.90. The molecular weight excluding hydrogens is 398 g/mol. The van der Waals surface area contributed by atoms with Gasteiger partial charge in [-0.15, -0.1) is 0 Å². The highest BCUT2D eigenvalue weighted by molar-refractivity contribution is 14.1. The molecule has 8 heteroatoms. The highest BCUT2D eigenvalue weighted by Gasteiger charge is 2.36. The number of pyridine rings is 1. The van der Waals surface area contributed by atoms with Crippen LogP contribution in [0.3, 0.4) is 0 Å². The molecule has 0 atom stereocenters. The van der Waals surface area contributed by atoms with Crippen LogP contribution in [0.2, 0.25) is 0 Å². The topological polar surface area (TPSA) is 54.7 Å². The van der Waals surface area contributed by atoms with Crippen LogP contribution in [0.15, 0.2) is 16.8 Å². The van der Waals surface area contributed by atoms with Gasteiger partial charge in [-0.25, -0.2) is 0 Å². The van der Waals surface area contributed by atoms with Crippen LogP contribution in [0, 0.1) is 17.4 Å². The fourth-order valence-electron chi connectivity index (χ4n) is 2.27. The molecule has 0 fully saturated rings. The number of aromatic nitrogens is 3. The normalized spacial score (nSPS) is 12.3. The van der Waals surface area contributed by atoms with E-state index in [2.05, 4.69) is 15.1 Å². The van der Waals surface area contributed by atoms with Gasteiger partial charge in [-0.05, 0) is 42.5 Å². The van der Waals surface area contributed by atoms with Crippen molar-refractivity contribution in [2.24, 2.45) is 0 Å². The SMILES string of the molecule is Cc1noc(C)c1-c1cnc2c(I)c(C(F)(F)F)[nH]c2c1. The van der Waals surface area contributed by atoms with Gasteiger partial charge >= 0.3 is 6.18 Å². The molecule has 0 unspecified atom stereocenters. The van der Waals surface area contributed by atoms with Gasteiger partial charge in [0, 0.05) is 17.3 Å². The number of hydrogen-bond acceptors (Lipinski definition) is 3. The van der Waals surface area contributed by atoms with Crippen LogP contribution in [0.1, 0.15) is 17.1 Å². The number of fused-ring (bicyclic) bond motifs is 1. The van der Waals surface area contributed by atoms with Crippen molar-refractivity contribution in [2.75, 3.05) is 0 Å². The zero-order chi connectivity index (χ0) is 15.4. The van der Waals surface area contributed by atoms with Crippen molar-refractivity contribution in [3.8, 4) is 11.1 Å². The van der Waals surface area contributed by atoms with Crippen molar-refractivity contribution in [2.45, 2.75) is 20.0 Å². The Kier molecular flexibility index (Phi) is 3.23. The summed E-state index contributed by atoms with van der Waals surface area (Å²) in [6, 6.07) is 1.63. The van der Waals surface area contributed by atoms with Crippen molar-refractivity contribution in [1.29, 1.82) is 0 Å². The zero-order valence-corrected chi connectivity index (χ0v) is 13.1. The predicted molar refractivity (Wildman–Crippen MR) is 78.8 cm³/mol. The van der Waals surface area contributed by atoms with E-state index in [-0.39, 0.29) is 3.57 Å². The van der Waals surface area contributed by atoms with Gasteiger partial charge in [0.1, 0.15) is 17.0 Å². The Hall–Kier alpha value is -1.58. The van der Waals surface area contributed by atoms with Gasteiger partial charge in [0.2, 0.25) is 0 Å². The van der Waals surface area contributed by atoms with E-state index < -0.39 is 11.9 Å². The first-order valence-corrected chi connectivity index (χ1v) is 7.04. The summed E-state index contributed by atoms with van der Waals surface area (Å²) in [6.45, 7) is 3.52. The van der Waals surface area contributed by atoms with Crippen molar-refractivity contribution >= 4 is 33.6 Å². The lowest BCUT2D eigenvalue weighted by molar-refractivity contribution is -0.141. The van der Waals surface area contributed by atoms with Crippen LogP contribution in [-0.4, -0.2) is 15.1 Å². The molecule has 0 spiro atoms. The van der Waals surface area contributed by atoms with E-state index in [0.717, 1.165) is 5.56 Å².